The molecule has 0 fully saturated rings. The van der Waals surface area contributed by atoms with Gasteiger partial charge in [-0.1, -0.05) is 19.0 Å². The third kappa shape index (κ3) is 8.20. The van der Waals surface area contributed by atoms with Crippen molar-refractivity contribution in [2.24, 2.45) is 16.8 Å². The van der Waals surface area contributed by atoms with Crippen molar-refractivity contribution in [1.29, 1.82) is 0 Å². The minimum absolute atomic E-state index is 0.0921. The number of nitrogens with zero attached hydrogens (tertiary/aromatic N) is 1. The molecule has 0 aromatic heterocycles. The molecule has 0 heterocycles. The summed E-state index contributed by atoms with van der Waals surface area (Å²) >= 11 is 0. The molecule has 1 atom stereocenters. The van der Waals surface area contributed by atoms with Gasteiger partial charge in [-0.15, -0.1) is 0 Å². The number of aliphatic hydroxyl groups excluding tert-OH is 1. The Morgan fingerprint density at radius 2 is 2.07 bits per heavy atom. The first-order chi connectivity index (χ1) is 7.07. The highest BCUT2D eigenvalue weighted by atomic mass is 16.6. The SMILES string of the molecule is CC(C)COC(C)C(N)=NOCCCO. The molecule has 0 saturated carbocycles. The van der Waals surface area contributed by atoms with Gasteiger partial charge in [-0.05, 0) is 12.8 Å². The first kappa shape index (κ1) is 14.2. The molecule has 90 valence electrons. The fourth-order valence-electron chi connectivity index (χ4n) is 0.746. The number of amidine groups is 1. The molecule has 15 heavy (non-hydrogen) atoms. The van der Waals surface area contributed by atoms with E-state index in [1.54, 1.807) is 0 Å². The van der Waals surface area contributed by atoms with Crippen molar-refractivity contribution in [1.82, 2.24) is 0 Å². The van der Waals surface area contributed by atoms with E-state index < -0.39 is 0 Å². The predicted molar refractivity (Wildman–Crippen MR) is 59.5 cm³/mol. The second-order valence-corrected chi connectivity index (χ2v) is 3.80. The van der Waals surface area contributed by atoms with E-state index in [-0.39, 0.29) is 12.7 Å². The van der Waals surface area contributed by atoms with Gasteiger partial charge in [0.1, 0.15) is 12.7 Å². The maximum absolute atomic E-state index is 8.50. The fourth-order valence-corrected chi connectivity index (χ4v) is 0.746. The molecule has 0 aliphatic rings. The summed E-state index contributed by atoms with van der Waals surface area (Å²) in [7, 11) is 0. The molecule has 0 aliphatic carbocycles. The van der Waals surface area contributed by atoms with Crippen LogP contribution in [0.1, 0.15) is 27.2 Å². The van der Waals surface area contributed by atoms with E-state index in [4.69, 9.17) is 20.4 Å². The van der Waals surface area contributed by atoms with Gasteiger partial charge in [0, 0.05) is 19.6 Å². The zero-order valence-electron chi connectivity index (χ0n) is 9.77. The number of nitrogens with two attached hydrogens (primary N) is 1. The van der Waals surface area contributed by atoms with Gasteiger partial charge in [0.15, 0.2) is 5.84 Å². The lowest BCUT2D eigenvalue weighted by Gasteiger charge is -2.13. The highest BCUT2D eigenvalue weighted by molar-refractivity contribution is 5.83. The average molecular weight is 218 g/mol. The van der Waals surface area contributed by atoms with Crippen LogP contribution >= 0.6 is 0 Å². The van der Waals surface area contributed by atoms with E-state index in [2.05, 4.69) is 19.0 Å². The zero-order chi connectivity index (χ0) is 11.7. The molecule has 0 spiro atoms. The van der Waals surface area contributed by atoms with Crippen LogP contribution in [0, 0.1) is 5.92 Å². The second kappa shape index (κ2) is 8.49. The maximum Gasteiger partial charge on any atom is 0.168 e. The molecule has 3 N–H and O–H groups in total. The molecule has 0 rings (SSSR count). The third-order valence-electron chi connectivity index (χ3n) is 1.66. The Balaban J connectivity index is 3.70. The Morgan fingerprint density at radius 1 is 1.40 bits per heavy atom. The molecule has 0 aromatic rings. The third-order valence-corrected chi connectivity index (χ3v) is 1.66. The van der Waals surface area contributed by atoms with E-state index in [1.807, 2.05) is 6.92 Å². The molecular formula is C10H22N2O3. The van der Waals surface area contributed by atoms with Gasteiger partial charge in [-0.3, -0.25) is 0 Å². The van der Waals surface area contributed by atoms with Crippen LogP contribution in [0.3, 0.4) is 0 Å². The number of ether oxygens (including phenoxy) is 1. The van der Waals surface area contributed by atoms with Crippen LogP contribution in [-0.2, 0) is 9.57 Å². The summed E-state index contributed by atoms with van der Waals surface area (Å²) in [6, 6.07) is 0. The molecule has 0 aromatic carbocycles. The van der Waals surface area contributed by atoms with Crippen LogP contribution in [0.5, 0.6) is 0 Å². The van der Waals surface area contributed by atoms with Crippen molar-refractivity contribution in [3.05, 3.63) is 0 Å². The van der Waals surface area contributed by atoms with Crippen LogP contribution in [0.2, 0.25) is 0 Å². The van der Waals surface area contributed by atoms with E-state index in [0.29, 0.717) is 31.4 Å². The highest BCUT2D eigenvalue weighted by Crippen LogP contribution is 1.98. The van der Waals surface area contributed by atoms with Gasteiger partial charge in [0.25, 0.3) is 0 Å². The number of aliphatic hydroxyl groups is 1. The summed E-state index contributed by atoms with van der Waals surface area (Å²) in [6.45, 7) is 7.07. The first-order valence-electron chi connectivity index (χ1n) is 5.25. The quantitative estimate of drug-likeness (QED) is 0.272. The number of rotatable bonds is 8. The van der Waals surface area contributed by atoms with Gasteiger partial charge in [-0.25, -0.2) is 0 Å². The lowest BCUT2D eigenvalue weighted by molar-refractivity contribution is 0.0776. The monoisotopic (exact) mass is 218 g/mol. The number of hydrogen-bond donors (Lipinski definition) is 2. The summed E-state index contributed by atoms with van der Waals surface area (Å²) < 4.78 is 5.44. The minimum atomic E-state index is -0.235. The van der Waals surface area contributed by atoms with Gasteiger partial charge >= 0.3 is 0 Å². The molecule has 0 radical (unpaired) electrons. The molecule has 0 bridgehead atoms. The summed E-state index contributed by atoms with van der Waals surface area (Å²) in [5, 5.41) is 12.2. The predicted octanol–water partition coefficient (Wildman–Crippen LogP) is 0.719. The minimum Gasteiger partial charge on any atom is -0.396 e. The highest BCUT2D eigenvalue weighted by Gasteiger charge is 2.08. The van der Waals surface area contributed by atoms with Crippen molar-refractivity contribution in [3.63, 3.8) is 0 Å². The molecule has 0 amide bonds. The lowest BCUT2D eigenvalue weighted by atomic mass is 10.2. The molecular weight excluding hydrogens is 196 g/mol. The van der Waals surface area contributed by atoms with Crippen LogP contribution in [0.4, 0.5) is 0 Å². The van der Waals surface area contributed by atoms with E-state index in [1.165, 1.54) is 0 Å². The van der Waals surface area contributed by atoms with Crippen molar-refractivity contribution >= 4 is 5.84 Å². The van der Waals surface area contributed by atoms with Gasteiger partial charge in [0.2, 0.25) is 0 Å². The Hall–Kier alpha value is -0.810. The van der Waals surface area contributed by atoms with Crippen LogP contribution in [0.15, 0.2) is 5.16 Å². The largest absolute Gasteiger partial charge is 0.396 e. The Kier molecular flexibility index (Phi) is 8.04. The summed E-state index contributed by atoms with van der Waals surface area (Å²) in [5.74, 6) is 0.796. The summed E-state index contributed by atoms with van der Waals surface area (Å²) in [4.78, 5) is 4.89. The average Bonchev–Trinajstić information content (AvgIpc) is 2.20. The molecule has 5 nitrogen and oxygen atoms in total. The number of hydrogen-bond acceptors (Lipinski definition) is 4. The summed E-state index contributed by atoms with van der Waals surface area (Å²) in [5.41, 5.74) is 5.62. The maximum atomic E-state index is 8.50. The Labute approximate surface area is 91.2 Å². The smallest absolute Gasteiger partial charge is 0.168 e. The first-order valence-corrected chi connectivity index (χ1v) is 5.25. The van der Waals surface area contributed by atoms with Crippen LogP contribution in [-0.4, -0.2) is 36.9 Å². The number of oxime groups is 1. The Morgan fingerprint density at radius 3 is 2.60 bits per heavy atom. The fraction of sp³-hybridized carbons (Fsp3) is 0.900. The standard InChI is InChI=1S/C10H22N2O3/c1-8(2)7-14-9(3)10(11)12-15-6-4-5-13/h8-9,13H,4-7H2,1-3H3,(H2,11,12). The van der Waals surface area contributed by atoms with Crippen molar-refractivity contribution < 1.29 is 14.7 Å². The van der Waals surface area contributed by atoms with Gasteiger partial charge in [0.05, 0.1) is 0 Å². The molecule has 0 saturated heterocycles. The summed E-state index contributed by atoms with van der Waals surface area (Å²) in [6.07, 6.45) is 0.319. The molecule has 1 unspecified atom stereocenters. The van der Waals surface area contributed by atoms with Crippen LogP contribution in [0.25, 0.3) is 0 Å². The van der Waals surface area contributed by atoms with Crippen molar-refractivity contribution in [2.75, 3.05) is 19.8 Å². The lowest BCUT2D eigenvalue weighted by Crippen LogP contribution is -2.30. The van der Waals surface area contributed by atoms with E-state index in [9.17, 15) is 0 Å². The zero-order valence-corrected chi connectivity index (χ0v) is 9.77. The van der Waals surface area contributed by atoms with Crippen LogP contribution < -0.4 is 5.73 Å². The van der Waals surface area contributed by atoms with E-state index in [0.717, 1.165) is 0 Å². The van der Waals surface area contributed by atoms with Crippen molar-refractivity contribution in [2.45, 2.75) is 33.3 Å². The second-order valence-electron chi connectivity index (χ2n) is 3.80. The van der Waals surface area contributed by atoms with Gasteiger partial charge in [-0.2, -0.15) is 0 Å². The topological polar surface area (TPSA) is 77.1 Å². The van der Waals surface area contributed by atoms with E-state index >= 15 is 0 Å². The normalized spacial score (nSPS) is 14.3. The Bertz CT molecular complexity index is 184. The molecule has 5 heteroatoms. The van der Waals surface area contributed by atoms with Gasteiger partial charge < -0.3 is 20.4 Å². The molecule has 0 aliphatic heterocycles. The van der Waals surface area contributed by atoms with Crippen molar-refractivity contribution in [3.8, 4) is 0 Å².